The molecule has 1 heterocycles. The van der Waals surface area contributed by atoms with E-state index in [9.17, 15) is 23.3 Å². The summed E-state index contributed by atoms with van der Waals surface area (Å²) in [6.45, 7) is 0.135. The predicted molar refractivity (Wildman–Crippen MR) is 63.0 cm³/mol. The largest absolute Gasteiger partial charge is 0.480 e. The van der Waals surface area contributed by atoms with Crippen LogP contribution in [0.4, 0.5) is 5.69 Å². The van der Waals surface area contributed by atoms with E-state index < -0.39 is 27.0 Å². The summed E-state index contributed by atoms with van der Waals surface area (Å²) in [7, 11) is -3.91. The molecule has 1 fully saturated rings. The fraction of sp³-hybridized carbons (Fsp3) is 0.300. The van der Waals surface area contributed by atoms with E-state index in [0.29, 0.717) is 0 Å². The Labute approximate surface area is 108 Å². The fourth-order valence-corrected chi connectivity index (χ4v) is 3.40. The molecular formula is C10H10N2O6S. The lowest BCUT2D eigenvalue weighted by molar-refractivity contribution is -0.384. The first-order valence-electron chi connectivity index (χ1n) is 5.33. The molecule has 1 aromatic rings. The molecule has 1 aliphatic rings. The highest BCUT2D eigenvalue weighted by molar-refractivity contribution is 7.89. The second kappa shape index (κ2) is 4.59. The van der Waals surface area contributed by atoms with Crippen molar-refractivity contribution in [3.63, 3.8) is 0 Å². The van der Waals surface area contributed by atoms with Gasteiger partial charge in [0.25, 0.3) is 5.69 Å². The van der Waals surface area contributed by atoms with Gasteiger partial charge in [-0.05, 0) is 18.6 Å². The van der Waals surface area contributed by atoms with Crippen molar-refractivity contribution in [2.24, 2.45) is 0 Å². The molecule has 0 aromatic heterocycles. The molecule has 0 radical (unpaired) electrons. The topological polar surface area (TPSA) is 118 Å². The van der Waals surface area contributed by atoms with Gasteiger partial charge >= 0.3 is 5.97 Å². The number of carboxylic acid groups (broad SMARTS) is 1. The molecule has 9 heteroatoms. The van der Waals surface area contributed by atoms with Crippen LogP contribution in [0, 0.1) is 10.1 Å². The van der Waals surface area contributed by atoms with Crippen LogP contribution in [0.15, 0.2) is 29.2 Å². The molecule has 0 amide bonds. The first-order valence-corrected chi connectivity index (χ1v) is 6.77. The van der Waals surface area contributed by atoms with Crippen LogP contribution in [0.5, 0.6) is 0 Å². The quantitative estimate of drug-likeness (QED) is 0.634. The SMILES string of the molecule is O=C(O)[C@H]1CCN1S(=O)(=O)c1ccc([N+](=O)[O-])cc1. The molecule has 19 heavy (non-hydrogen) atoms. The van der Waals surface area contributed by atoms with Gasteiger partial charge < -0.3 is 5.11 Å². The Hall–Kier alpha value is -2.00. The maximum atomic E-state index is 12.1. The summed E-state index contributed by atoms with van der Waals surface area (Å²) in [6, 6.07) is 3.29. The predicted octanol–water partition coefficient (Wildman–Crippen LogP) is 0.442. The van der Waals surface area contributed by atoms with E-state index >= 15 is 0 Å². The van der Waals surface area contributed by atoms with E-state index in [1.54, 1.807) is 0 Å². The normalized spacial score (nSPS) is 19.7. The third-order valence-corrected chi connectivity index (χ3v) is 4.83. The monoisotopic (exact) mass is 286 g/mol. The zero-order valence-corrected chi connectivity index (χ0v) is 10.4. The third kappa shape index (κ3) is 2.29. The Morgan fingerprint density at radius 2 is 1.95 bits per heavy atom. The molecule has 1 aliphatic heterocycles. The van der Waals surface area contributed by atoms with Crippen molar-refractivity contribution in [1.29, 1.82) is 0 Å². The molecule has 0 spiro atoms. The first-order chi connectivity index (χ1) is 8.84. The average molecular weight is 286 g/mol. The highest BCUT2D eigenvalue weighted by atomic mass is 32.2. The number of hydrogen-bond acceptors (Lipinski definition) is 5. The van der Waals surface area contributed by atoms with Crippen LogP contribution in [0.25, 0.3) is 0 Å². The van der Waals surface area contributed by atoms with Gasteiger partial charge in [-0.2, -0.15) is 4.31 Å². The Bertz CT molecular complexity index is 624. The Balaban J connectivity index is 2.30. The van der Waals surface area contributed by atoms with Gasteiger partial charge in [0.05, 0.1) is 9.82 Å². The number of carbonyl (C=O) groups is 1. The zero-order valence-electron chi connectivity index (χ0n) is 9.59. The summed E-state index contributed by atoms with van der Waals surface area (Å²) in [5, 5.41) is 19.3. The number of non-ortho nitro benzene ring substituents is 1. The van der Waals surface area contributed by atoms with Crippen molar-refractivity contribution < 1.29 is 23.2 Å². The zero-order chi connectivity index (χ0) is 14.2. The Morgan fingerprint density at radius 3 is 2.32 bits per heavy atom. The average Bonchev–Trinajstić information content (AvgIpc) is 2.26. The number of benzene rings is 1. The molecule has 8 nitrogen and oxygen atoms in total. The molecular weight excluding hydrogens is 276 g/mol. The molecule has 0 unspecified atom stereocenters. The van der Waals surface area contributed by atoms with Crippen molar-refractivity contribution in [3.8, 4) is 0 Å². The maximum absolute atomic E-state index is 12.1. The summed E-state index contributed by atoms with van der Waals surface area (Å²) in [5.41, 5.74) is -0.225. The molecule has 1 aromatic carbocycles. The van der Waals surface area contributed by atoms with Gasteiger partial charge in [-0.15, -0.1) is 0 Å². The molecule has 1 N–H and O–H groups in total. The maximum Gasteiger partial charge on any atom is 0.322 e. The summed E-state index contributed by atoms with van der Waals surface area (Å²) in [4.78, 5) is 20.5. The molecule has 0 aliphatic carbocycles. The van der Waals surface area contributed by atoms with Gasteiger partial charge in [0.2, 0.25) is 10.0 Å². The number of carboxylic acids is 1. The second-order valence-electron chi connectivity index (χ2n) is 4.01. The van der Waals surface area contributed by atoms with Crippen LogP contribution in [-0.4, -0.2) is 41.3 Å². The molecule has 2 rings (SSSR count). The van der Waals surface area contributed by atoms with E-state index in [1.807, 2.05) is 0 Å². The van der Waals surface area contributed by atoms with Crippen LogP contribution >= 0.6 is 0 Å². The molecule has 102 valence electrons. The van der Waals surface area contributed by atoms with Gasteiger partial charge in [0.15, 0.2) is 0 Å². The minimum Gasteiger partial charge on any atom is -0.480 e. The van der Waals surface area contributed by atoms with Gasteiger partial charge in [0, 0.05) is 18.7 Å². The van der Waals surface area contributed by atoms with Gasteiger partial charge in [0.1, 0.15) is 6.04 Å². The van der Waals surface area contributed by atoms with Gasteiger partial charge in [-0.25, -0.2) is 8.42 Å². The lowest BCUT2D eigenvalue weighted by Crippen LogP contribution is -2.54. The van der Waals surface area contributed by atoms with E-state index in [0.717, 1.165) is 28.6 Å². The Morgan fingerprint density at radius 1 is 1.37 bits per heavy atom. The van der Waals surface area contributed by atoms with Crippen LogP contribution in [-0.2, 0) is 14.8 Å². The Kier molecular flexibility index (Phi) is 3.25. The fourth-order valence-electron chi connectivity index (χ4n) is 1.77. The van der Waals surface area contributed by atoms with Crippen molar-refractivity contribution in [3.05, 3.63) is 34.4 Å². The van der Waals surface area contributed by atoms with Gasteiger partial charge in [-0.1, -0.05) is 0 Å². The number of sulfonamides is 1. The summed E-state index contributed by atoms with van der Waals surface area (Å²) in [5.74, 6) is -1.20. The number of nitro groups is 1. The summed E-state index contributed by atoms with van der Waals surface area (Å²) in [6.07, 6.45) is 0.265. The minimum absolute atomic E-state index is 0.135. The highest BCUT2D eigenvalue weighted by Crippen LogP contribution is 2.27. The van der Waals surface area contributed by atoms with Crippen LogP contribution in [0.3, 0.4) is 0 Å². The summed E-state index contributed by atoms with van der Waals surface area (Å²) < 4.78 is 25.1. The van der Waals surface area contributed by atoms with Crippen LogP contribution in [0.2, 0.25) is 0 Å². The number of rotatable bonds is 4. The number of nitrogens with zero attached hydrogens (tertiary/aromatic N) is 2. The number of nitro benzene ring substituents is 1. The third-order valence-electron chi connectivity index (χ3n) is 2.91. The van der Waals surface area contributed by atoms with E-state index in [2.05, 4.69) is 0 Å². The molecule has 1 atom stereocenters. The summed E-state index contributed by atoms with van der Waals surface area (Å²) >= 11 is 0. The van der Waals surface area contributed by atoms with Crippen molar-refractivity contribution in [1.82, 2.24) is 4.31 Å². The lowest BCUT2D eigenvalue weighted by atomic mass is 10.1. The van der Waals surface area contributed by atoms with Crippen molar-refractivity contribution >= 4 is 21.7 Å². The number of hydrogen-bond donors (Lipinski definition) is 1. The van der Waals surface area contributed by atoms with Crippen LogP contribution < -0.4 is 0 Å². The molecule has 1 saturated heterocycles. The lowest BCUT2D eigenvalue weighted by Gasteiger charge is -2.36. The van der Waals surface area contributed by atoms with Crippen molar-refractivity contribution in [2.45, 2.75) is 17.4 Å². The minimum atomic E-state index is -3.91. The van der Waals surface area contributed by atoms with Gasteiger partial charge in [-0.3, -0.25) is 14.9 Å². The highest BCUT2D eigenvalue weighted by Gasteiger charge is 2.42. The molecule has 0 saturated carbocycles. The first kappa shape index (κ1) is 13.4. The van der Waals surface area contributed by atoms with Crippen molar-refractivity contribution in [2.75, 3.05) is 6.54 Å². The van der Waals surface area contributed by atoms with Crippen LogP contribution in [0.1, 0.15) is 6.42 Å². The number of aliphatic carboxylic acids is 1. The standard InChI is InChI=1S/C10H10N2O6S/c13-10(14)9-5-6-11(9)19(17,18)8-3-1-7(2-4-8)12(15)16/h1-4,9H,5-6H2,(H,13,14)/t9-/m1/s1. The molecule has 0 bridgehead atoms. The van der Waals surface area contributed by atoms with E-state index in [4.69, 9.17) is 5.11 Å². The van der Waals surface area contributed by atoms with E-state index in [-0.39, 0.29) is 23.5 Å². The smallest absolute Gasteiger partial charge is 0.322 e. The second-order valence-corrected chi connectivity index (χ2v) is 5.90. The van der Waals surface area contributed by atoms with E-state index in [1.165, 1.54) is 0 Å².